The SMILES string of the molecule is CCOC=O.COc1ccc2oc(F)cc2c1. The van der Waals surface area contributed by atoms with Crippen LogP contribution in [-0.4, -0.2) is 20.2 Å². The molecule has 2 rings (SSSR count). The van der Waals surface area contributed by atoms with Crippen molar-refractivity contribution in [3.8, 4) is 5.75 Å². The average molecular weight is 240 g/mol. The van der Waals surface area contributed by atoms with Gasteiger partial charge in [-0.05, 0) is 25.1 Å². The van der Waals surface area contributed by atoms with Crippen LogP contribution in [0.4, 0.5) is 4.39 Å². The minimum Gasteiger partial charge on any atom is -0.497 e. The molecule has 0 aliphatic rings. The molecule has 0 bridgehead atoms. The zero-order valence-corrected chi connectivity index (χ0v) is 9.60. The van der Waals surface area contributed by atoms with Crippen molar-refractivity contribution in [2.24, 2.45) is 0 Å². The summed E-state index contributed by atoms with van der Waals surface area (Å²) >= 11 is 0. The fourth-order valence-electron chi connectivity index (χ4n) is 1.18. The van der Waals surface area contributed by atoms with Crippen LogP contribution in [0, 0.1) is 6.01 Å². The van der Waals surface area contributed by atoms with Gasteiger partial charge in [-0.2, -0.15) is 4.39 Å². The summed E-state index contributed by atoms with van der Waals surface area (Å²) in [5, 5.41) is 0.715. The summed E-state index contributed by atoms with van der Waals surface area (Å²) in [5.74, 6) is 0.698. The zero-order chi connectivity index (χ0) is 12.7. The Hall–Kier alpha value is -2.04. The number of carbonyl (C=O) groups is 1. The summed E-state index contributed by atoms with van der Waals surface area (Å²) < 4.78 is 26.4. The number of fused-ring (bicyclic) bond motifs is 1. The molecule has 1 heterocycles. The first-order valence-electron chi connectivity index (χ1n) is 4.99. The standard InChI is InChI=1S/C9H7FO2.C3H6O2/c1-11-7-2-3-8-6(4-7)5-9(10)12-8;1-2-5-3-4/h2-5H,1H3;3H,2H2,1H3. The molecule has 1 aromatic heterocycles. The molecule has 1 aromatic carbocycles. The number of carbonyl (C=O) groups excluding carboxylic acids is 1. The average Bonchev–Trinajstić information content (AvgIpc) is 2.69. The van der Waals surface area contributed by atoms with Crippen LogP contribution in [0.3, 0.4) is 0 Å². The Morgan fingerprint density at radius 3 is 2.71 bits per heavy atom. The lowest BCUT2D eigenvalue weighted by Gasteiger charge is -1.96. The third kappa shape index (κ3) is 3.79. The Balaban J connectivity index is 0.000000249. The van der Waals surface area contributed by atoms with Gasteiger partial charge in [0, 0.05) is 11.5 Å². The van der Waals surface area contributed by atoms with E-state index in [1.54, 1.807) is 32.2 Å². The van der Waals surface area contributed by atoms with Crippen LogP contribution in [0.1, 0.15) is 6.92 Å². The molecule has 5 heteroatoms. The number of hydrogen-bond acceptors (Lipinski definition) is 4. The molecule has 2 aromatic rings. The maximum atomic E-state index is 12.5. The number of hydrogen-bond donors (Lipinski definition) is 0. The topological polar surface area (TPSA) is 48.7 Å². The molecule has 4 nitrogen and oxygen atoms in total. The second kappa shape index (κ2) is 6.52. The molecule has 0 aliphatic carbocycles. The number of ether oxygens (including phenoxy) is 2. The van der Waals surface area contributed by atoms with E-state index in [-0.39, 0.29) is 0 Å². The molecular weight excluding hydrogens is 227 g/mol. The van der Waals surface area contributed by atoms with Gasteiger partial charge >= 0.3 is 0 Å². The molecule has 0 radical (unpaired) electrons. The highest BCUT2D eigenvalue weighted by Gasteiger charge is 2.02. The third-order valence-corrected chi connectivity index (χ3v) is 1.93. The maximum Gasteiger partial charge on any atom is 0.293 e. The maximum absolute atomic E-state index is 12.5. The van der Waals surface area contributed by atoms with Crippen molar-refractivity contribution < 1.29 is 23.1 Å². The lowest BCUT2D eigenvalue weighted by molar-refractivity contribution is -0.128. The molecule has 0 aliphatic heterocycles. The van der Waals surface area contributed by atoms with Crippen molar-refractivity contribution >= 4 is 17.4 Å². The number of halogens is 1. The molecule has 0 unspecified atom stereocenters. The van der Waals surface area contributed by atoms with E-state index in [2.05, 4.69) is 4.74 Å². The Kier molecular flexibility index (Phi) is 5.00. The van der Waals surface area contributed by atoms with Gasteiger partial charge in [0.25, 0.3) is 12.5 Å². The van der Waals surface area contributed by atoms with Crippen molar-refractivity contribution in [2.45, 2.75) is 6.92 Å². The lowest BCUT2D eigenvalue weighted by Crippen LogP contribution is -1.80. The third-order valence-electron chi connectivity index (χ3n) is 1.93. The van der Waals surface area contributed by atoms with Gasteiger partial charge in [-0.15, -0.1) is 0 Å². The summed E-state index contributed by atoms with van der Waals surface area (Å²) in [6.07, 6.45) is 0. The Morgan fingerprint density at radius 1 is 1.41 bits per heavy atom. The van der Waals surface area contributed by atoms with E-state index >= 15 is 0 Å². The summed E-state index contributed by atoms with van der Waals surface area (Å²) in [4.78, 5) is 9.18. The molecule has 0 saturated heterocycles. The largest absolute Gasteiger partial charge is 0.497 e. The normalized spacial score (nSPS) is 9.35. The van der Waals surface area contributed by atoms with E-state index in [1.165, 1.54) is 6.07 Å². The van der Waals surface area contributed by atoms with Crippen molar-refractivity contribution in [3.63, 3.8) is 0 Å². The first-order chi connectivity index (χ1) is 8.21. The molecule has 92 valence electrons. The highest BCUT2D eigenvalue weighted by atomic mass is 19.1. The van der Waals surface area contributed by atoms with Crippen LogP contribution < -0.4 is 4.74 Å². The Morgan fingerprint density at radius 2 is 2.18 bits per heavy atom. The van der Waals surface area contributed by atoms with E-state index < -0.39 is 6.01 Å². The van der Waals surface area contributed by atoms with Gasteiger partial charge in [-0.1, -0.05) is 0 Å². The van der Waals surface area contributed by atoms with Gasteiger partial charge in [0.15, 0.2) is 0 Å². The van der Waals surface area contributed by atoms with Crippen molar-refractivity contribution in [2.75, 3.05) is 13.7 Å². The molecule has 17 heavy (non-hydrogen) atoms. The quantitative estimate of drug-likeness (QED) is 0.774. The Labute approximate surface area is 97.9 Å². The van der Waals surface area contributed by atoms with Crippen LogP contribution in [0.25, 0.3) is 11.0 Å². The van der Waals surface area contributed by atoms with Crippen LogP contribution in [-0.2, 0) is 9.53 Å². The summed E-state index contributed by atoms with van der Waals surface area (Å²) in [7, 11) is 1.57. The summed E-state index contributed by atoms with van der Waals surface area (Å²) in [6, 6.07) is 5.89. The van der Waals surface area contributed by atoms with E-state index in [9.17, 15) is 9.18 Å². The predicted octanol–water partition coefficient (Wildman–Crippen LogP) is 2.76. The fraction of sp³-hybridized carbons (Fsp3) is 0.250. The van der Waals surface area contributed by atoms with Gasteiger partial charge in [0.2, 0.25) is 0 Å². The summed E-state index contributed by atoms with van der Waals surface area (Å²) in [6.45, 7) is 2.66. The minimum atomic E-state index is -0.571. The minimum absolute atomic E-state index is 0.431. The number of rotatable bonds is 3. The van der Waals surface area contributed by atoms with Crippen molar-refractivity contribution in [1.82, 2.24) is 0 Å². The van der Waals surface area contributed by atoms with Gasteiger partial charge in [0.05, 0.1) is 13.7 Å². The molecule has 0 N–H and O–H groups in total. The molecule has 0 atom stereocenters. The van der Waals surface area contributed by atoms with Gasteiger partial charge in [-0.3, -0.25) is 4.79 Å². The van der Waals surface area contributed by atoms with Crippen LogP contribution >= 0.6 is 0 Å². The molecule has 0 saturated carbocycles. The Bertz CT molecular complexity index is 478. The monoisotopic (exact) mass is 240 g/mol. The van der Waals surface area contributed by atoms with E-state index in [0.717, 1.165) is 0 Å². The van der Waals surface area contributed by atoms with Gasteiger partial charge in [-0.25, -0.2) is 0 Å². The second-order valence-corrected chi connectivity index (χ2v) is 3.01. The molecule has 0 spiro atoms. The number of methoxy groups -OCH3 is 1. The van der Waals surface area contributed by atoms with Crippen molar-refractivity contribution in [3.05, 3.63) is 30.3 Å². The van der Waals surface area contributed by atoms with E-state index in [4.69, 9.17) is 9.15 Å². The van der Waals surface area contributed by atoms with Gasteiger partial charge < -0.3 is 13.9 Å². The predicted molar refractivity (Wildman–Crippen MR) is 60.4 cm³/mol. The molecule has 0 amide bonds. The van der Waals surface area contributed by atoms with Crippen LogP contribution in [0.15, 0.2) is 28.7 Å². The summed E-state index contributed by atoms with van der Waals surface area (Å²) in [5.41, 5.74) is 0.535. The molecule has 0 fully saturated rings. The zero-order valence-electron chi connectivity index (χ0n) is 9.60. The molecular formula is C12H13FO4. The number of benzene rings is 1. The fourth-order valence-corrected chi connectivity index (χ4v) is 1.18. The highest BCUT2D eigenvalue weighted by molar-refractivity contribution is 5.78. The highest BCUT2D eigenvalue weighted by Crippen LogP contribution is 2.22. The van der Waals surface area contributed by atoms with E-state index in [0.29, 0.717) is 29.8 Å². The number of furan rings is 1. The smallest absolute Gasteiger partial charge is 0.293 e. The van der Waals surface area contributed by atoms with Crippen LogP contribution in [0.2, 0.25) is 0 Å². The van der Waals surface area contributed by atoms with Gasteiger partial charge in [0.1, 0.15) is 11.3 Å². The van der Waals surface area contributed by atoms with Crippen molar-refractivity contribution in [1.29, 1.82) is 0 Å². The second-order valence-electron chi connectivity index (χ2n) is 3.01. The first kappa shape index (κ1) is 13.0. The first-order valence-corrected chi connectivity index (χ1v) is 4.99. The van der Waals surface area contributed by atoms with E-state index in [1.807, 2.05) is 0 Å². The lowest BCUT2D eigenvalue weighted by atomic mass is 10.2. The van der Waals surface area contributed by atoms with Crippen LogP contribution in [0.5, 0.6) is 5.75 Å².